The van der Waals surface area contributed by atoms with Gasteiger partial charge >= 0.3 is 5.97 Å². The summed E-state index contributed by atoms with van der Waals surface area (Å²) in [4.78, 5) is 11.4. The lowest BCUT2D eigenvalue weighted by atomic mass is 9.89. The molecule has 0 radical (unpaired) electrons. The van der Waals surface area contributed by atoms with Gasteiger partial charge in [0.2, 0.25) is 0 Å². The molecule has 0 bridgehead atoms. The number of carbonyl (C=O) groups is 1. The number of rotatable bonds is 2. The number of methoxy groups -OCH3 is 1. The molecule has 1 heterocycles. The summed E-state index contributed by atoms with van der Waals surface area (Å²) in [5, 5.41) is 0. The molecule has 0 N–H and O–H groups in total. The van der Waals surface area contributed by atoms with Crippen LogP contribution in [0.3, 0.4) is 0 Å². The maximum atomic E-state index is 11.4. The molecule has 1 fully saturated rings. The monoisotopic (exact) mass is 220 g/mol. The highest BCUT2D eigenvalue weighted by atomic mass is 16.5. The van der Waals surface area contributed by atoms with Crippen LogP contribution in [0.1, 0.15) is 18.9 Å². The molecule has 1 aromatic carbocycles. The van der Waals surface area contributed by atoms with Gasteiger partial charge in [0.25, 0.3) is 0 Å². The smallest absolute Gasteiger partial charge is 0.311 e. The van der Waals surface area contributed by atoms with Gasteiger partial charge in [0.1, 0.15) is 0 Å². The zero-order chi connectivity index (χ0) is 11.6. The van der Waals surface area contributed by atoms with E-state index in [9.17, 15) is 4.79 Å². The van der Waals surface area contributed by atoms with Crippen LogP contribution in [0.4, 0.5) is 0 Å². The average Bonchev–Trinajstić information content (AvgIpc) is 2.73. The largest absolute Gasteiger partial charge is 0.469 e. The fraction of sp³-hybridized carbons (Fsp3) is 0.462. The van der Waals surface area contributed by atoms with Crippen molar-refractivity contribution in [2.75, 3.05) is 13.7 Å². The number of benzene rings is 1. The number of carbonyl (C=O) groups excluding carboxylic acids is 1. The van der Waals surface area contributed by atoms with Crippen molar-refractivity contribution in [1.29, 1.82) is 0 Å². The molecule has 0 unspecified atom stereocenters. The zero-order valence-electron chi connectivity index (χ0n) is 9.60. The van der Waals surface area contributed by atoms with E-state index in [0.717, 1.165) is 5.56 Å². The highest BCUT2D eigenvalue weighted by Gasteiger charge is 2.41. The van der Waals surface area contributed by atoms with Gasteiger partial charge in [0.05, 0.1) is 25.2 Å². The normalized spacial score (nSPS) is 29.0. The molecule has 1 aliphatic rings. The SMILES string of the molecule is COC(=O)[C@@H]1CO[C@@](C)(c2ccccc2)C1. The molecule has 1 aliphatic heterocycles. The van der Waals surface area contributed by atoms with Crippen molar-refractivity contribution in [3.05, 3.63) is 35.9 Å². The molecule has 1 aromatic rings. The van der Waals surface area contributed by atoms with Crippen molar-refractivity contribution in [2.24, 2.45) is 5.92 Å². The molecule has 0 aliphatic carbocycles. The van der Waals surface area contributed by atoms with Crippen molar-refractivity contribution in [1.82, 2.24) is 0 Å². The van der Waals surface area contributed by atoms with Crippen LogP contribution in [0.5, 0.6) is 0 Å². The average molecular weight is 220 g/mol. The van der Waals surface area contributed by atoms with Crippen LogP contribution >= 0.6 is 0 Å². The van der Waals surface area contributed by atoms with E-state index >= 15 is 0 Å². The van der Waals surface area contributed by atoms with Crippen LogP contribution in [0.15, 0.2) is 30.3 Å². The summed E-state index contributed by atoms with van der Waals surface area (Å²) >= 11 is 0. The lowest BCUT2D eigenvalue weighted by Crippen LogP contribution is -2.21. The van der Waals surface area contributed by atoms with Crippen molar-refractivity contribution in [3.63, 3.8) is 0 Å². The molecule has 0 saturated carbocycles. The summed E-state index contributed by atoms with van der Waals surface area (Å²) < 4.78 is 10.5. The molecule has 16 heavy (non-hydrogen) atoms. The minimum absolute atomic E-state index is 0.143. The first-order valence-electron chi connectivity index (χ1n) is 5.43. The summed E-state index contributed by atoms with van der Waals surface area (Å²) in [7, 11) is 1.42. The van der Waals surface area contributed by atoms with E-state index in [0.29, 0.717) is 13.0 Å². The number of esters is 1. The van der Waals surface area contributed by atoms with E-state index < -0.39 is 0 Å². The first-order chi connectivity index (χ1) is 7.65. The molecular formula is C13H16O3. The van der Waals surface area contributed by atoms with E-state index in [-0.39, 0.29) is 17.5 Å². The molecule has 0 spiro atoms. The first-order valence-corrected chi connectivity index (χ1v) is 5.43. The molecule has 2 atom stereocenters. The van der Waals surface area contributed by atoms with E-state index in [1.165, 1.54) is 7.11 Å². The molecule has 0 amide bonds. The van der Waals surface area contributed by atoms with Gasteiger partial charge in [-0.25, -0.2) is 0 Å². The fourth-order valence-electron chi connectivity index (χ4n) is 2.18. The Kier molecular flexibility index (Phi) is 2.97. The van der Waals surface area contributed by atoms with E-state index in [1.54, 1.807) is 0 Å². The van der Waals surface area contributed by atoms with Gasteiger partial charge in [-0.3, -0.25) is 4.79 Å². The van der Waals surface area contributed by atoms with Crippen LogP contribution in [-0.4, -0.2) is 19.7 Å². The highest BCUT2D eigenvalue weighted by molar-refractivity contribution is 5.73. The van der Waals surface area contributed by atoms with Crippen molar-refractivity contribution in [3.8, 4) is 0 Å². The van der Waals surface area contributed by atoms with Crippen LogP contribution in [-0.2, 0) is 19.9 Å². The fourth-order valence-corrected chi connectivity index (χ4v) is 2.18. The van der Waals surface area contributed by atoms with Gasteiger partial charge in [-0.1, -0.05) is 30.3 Å². The second-order valence-electron chi connectivity index (χ2n) is 4.33. The van der Waals surface area contributed by atoms with Gasteiger partial charge in [-0.2, -0.15) is 0 Å². The number of hydrogen-bond acceptors (Lipinski definition) is 3. The topological polar surface area (TPSA) is 35.5 Å². The predicted octanol–water partition coefficient (Wildman–Crippen LogP) is 2.11. The Morgan fingerprint density at radius 2 is 2.12 bits per heavy atom. The van der Waals surface area contributed by atoms with Gasteiger partial charge in [0, 0.05) is 0 Å². The van der Waals surface area contributed by atoms with E-state index in [2.05, 4.69) is 0 Å². The first kappa shape index (κ1) is 11.1. The van der Waals surface area contributed by atoms with Crippen molar-refractivity contribution in [2.45, 2.75) is 18.9 Å². The third kappa shape index (κ3) is 1.95. The highest BCUT2D eigenvalue weighted by Crippen LogP contribution is 2.38. The molecular weight excluding hydrogens is 204 g/mol. The Hall–Kier alpha value is -1.35. The predicted molar refractivity (Wildman–Crippen MR) is 59.9 cm³/mol. The molecule has 1 saturated heterocycles. The number of hydrogen-bond donors (Lipinski definition) is 0. The maximum Gasteiger partial charge on any atom is 0.311 e. The lowest BCUT2D eigenvalue weighted by molar-refractivity contribution is -0.145. The number of ether oxygens (including phenoxy) is 2. The minimum atomic E-state index is -0.361. The standard InChI is InChI=1S/C13H16O3/c1-13(11-6-4-3-5-7-11)8-10(9-16-13)12(14)15-2/h3-7,10H,8-9H2,1-2H3/t10-,13+/m0/s1. The van der Waals surface area contributed by atoms with Crippen LogP contribution in [0, 0.1) is 5.92 Å². The molecule has 2 rings (SSSR count). The molecule has 0 aromatic heterocycles. The summed E-state index contributed by atoms with van der Waals surface area (Å²) in [5.74, 6) is -0.324. The Morgan fingerprint density at radius 1 is 1.44 bits per heavy atom. The van der Waals surface area contributed by atoms with Crippen LogP contribution in [0.2, 0.25) is 0 Å². The van der Waals surface area contributed by atoms with Crippen LogP contribution in [0.25, 0.3) is 0 Å². The minimum Gasteiger partial charge on any atom is -0.469 e. The van der Waals surface area contributed by atoms with Gasteiger partial charge in [-0.15, -0.1) is 0 Å². The Balaban J connectivity index is 2.15. The second kappa shape index (κ2) is 4.26. The Morgan fingerprint density at radius 3 is 2.75 bits per heavy atom. The quantitative estimate of drug-likeness (QED) is 0.716. The Bertz CT molecular complexity index is 374. The Labute approximate surface area is 95.4 Å². The molecule has 86 valence electrons. The third-order valence-electron chi connectivity index (χ3n) is 3.16. The summed E-state index contributed by atoms with van der Waals surface area (Å²) in [6, 6.07) is 9.99. The third-order valence-corrected chi connectivity index (χ3v) is 3.16. The van der Waals surface area contributed by atoms with Crippen molar-refractivity contribution < 1.29 is 14.3 Å². The maximum absolute atomic E-state index is 11.4. The summed E-state index contributed by atoms with van der Waals surface area (Å²) in [6.45, 7) is 2.46. The van der Waals surface area contributed by atoms with E-state index in [4.69, 9.17) is 9.47 Å². The van der Waals surface area contributed by atoms with Gasteiger partial charge in [0.15, 0.2) is 0 Å². The van der Waals surface area contributed by atoms with Crippen LogP contribution < -0.4 is 0 Å². The molecule has 3 heteroatoms. The summed E-state index contributed by atoms with van der Waals surface area (Å²) in [5.41, 5.74) is 0.751. The molecule has 3 nitrogen and oxygen atoms in total. The van der Waals surface area contributed by atoms with Gasteiger partial charge < -0.3 is 9.47 Å². The lowest BCUT2D eigenvalue weighted by Gasteiger charge is -2.23. The summed E-state index contributed by atoms with van der Waals surface area (Å²) in [6.07, 6.45) is 0.684. The van der Waals surface area contributed by atoms with Gasteiger partial charge in [-0.05, 0) is 18.9 Å². The van der Waals surface area contributed by atoms with Crippen molar-refractivity contribution >= 4 is 5.97 Å². The van der Waals surface area contributed by atoms with E-state index in [1.807, 2.05) is 37.3 Å². The second-order valence-corrected chi connectivity index (χ2v) is 4.33. The zero-order valence-corrected chi connectivity index (χ0v) is 9.60.